The van der Waals surface area contributed by atoms with E-state index in [2.05, 4.69) is 30.1 Å². The van der Waals surface area contributed by atoms with Gasteiger partial charge in [0.05, 0.1) is 12.2 Å². The predicted octanol–water partition coefficient (Wildman–Crippen LogP) is 4.10. The van der Waals surface area contributed by atoms with Gasteiger partial charge >= 0.3 is 0 Å². The summed E-state index contributed by atoms with van der Waals surface area (Å²) < 4.78 is 6.38. The first-order chi connectivity index (χ1) is 10.7. The van der Waals surface area contributed by atoms with E-state index in [9.17, 15) is 0 Å². The summed E-state index contributed by atoms with van der Waals surface area (Å²) in [5.41, 5.74) is 1.11. The van der Waals surface area contributed by atoms with Crippen LogP contribution in [0, 0.1) is 5.92 Å². The molecule has 1 N–H and O–H groups in total. The normalized spacial score (nSPS) is 21.3. The molecule has 0 amide bonds. The first-order valence-electron chi connectivity index (χ1n) is 8.60. The van der Waals surface area contributed by atoms with E-state index in [1.807, 2.05) is 12.1 Å². The number of hydrogen-bond donors (Lipinski definition) is 1. The van der Waals surface area contributed by atoms with Crippen LogP contribution in [0.1, 0.15) is 39.5 Å². The van der Waals surface area contributed by atoms with Crippen molar-refractivity contribution in [1.82, 2.24) is 5.32 Å². The lowest BCUT2D eigenvalue weighted by Crippen LogP contribution is -2.52. The zero-order valence-electron chi connectivity index (χ0n) is 13.7. The Hall–Kier alpha value is -0.930. The Morgan fingerprint density at radius 3 is 2.68 bits per heavy atom. The summed E-state index contributed by atoms with van der Waals surface area (Å²) in [6.45, 7) is 8.83. The number of halogens is 1. The highest BCUT2D eigenvalue weighted by Gasteiger charge is 2.37. The Labute approximate surface area is 139 Å². The van der Waals surface area contributed by atoms with Gasteiger partial charge in [-0.15, -0.1) is 0 Å². The maximum Gasteiger partial charge on any atom is 0.143 e. The highest BCUT2D eigenvalue weighted by molar-refractivity contribution is 6.30. The molecule has 0 radical (unpaired) electrons. The number of piperidine rings is 1. The van der Waals surface area contributed by atoms with Gasteiger partial charge in [0.15, 0.2) is 0 Å². The Morgan fingerprint density at radius 2 is 2.00 bits per heavy atom. The standard InChI is InChI=1S/C18H27ClN2O/c1-3-18(4-2)13-21(12-14-7-9-20-10-8-14)16-11-15(19)5-6-17(16)22-18/h5-6,11,14,20H,3-4,7-10,12-13H2,1-2H3. The lowest BCUT2D eigenvalue weighted by Gasteiger charge is -2.45. The number of fused-ring (bicyclic) bond motifs is 1. The SMILES string of the molecule is CCC1(CC)CN(CC2CCNCC2)c2cc(Cl)ccc2O1. The van der Waals surface area contributed by atoms with E-state index in [1.54, 1.807) is 0 Å². The van der Waals surface area contributed by atoms with E-state index in [1.165, 1.54) is 18.5 Å². The molecule has 122 valence electrons. The second kappa shape index (κ2) is 6.67. The largest absolute Gasteiger partial charge is 0.483 e. The van der Waals surface area contributed by atoms with E-state index in [4.69, 9.17) is 16.3 Å². The van der Waals surface area contributed by atoms with Gasteiger partial charge in [0.2, 0.25) is 0 Å². The molecule has 2 heterocycles. The van der Waals surface area contributed by atoms with Gasteiger partial charge < -0.3 is 15.0 Å². The molecule has 1 aromatic carbocycles. The summed E-state index contributed by atoms with van der Waals surface area (Å²) in [5, 5.41) is 4.24. The van der Waals surface area contributed by atoms with Gasteiger partial charge in [0.25, 0.3) is 0 Å². The summed E-state index contributed by atoms with van der Waals surface area (Å²) in [6.07, 6.45) is 4.60. The van der Waals surface area contributed by atoms with E-state index >= 15 is 0 Å². The highest BCUT2D eigenvalue weighted by Crippen LogP contribution is 2.41. The zero-order valence-corrected chi connectivity index (χ0v) is 14.5. The molecule has 2 aliphatic heterocycles. The quantitative estimate of drug-likeness (QED) is 0.903. The first kappa shape index (κ1) is 15.9. The molecule has 22 heavy (non-hydrogen) atoms. The van der Waals surface area contributed by atoms with Crippen molar-refractivity contribution in [3.05, 3.63) is 23.2 Å². The molecule has 0 bridgehead atoms. The number of hydrogen-bond acceptors (Lipinski definition) is 3. The minimum absolute atomic E-state index is 0.0618. The molecule has 3 rings (SSSR count). The van der Waals surface area contributed by atoms with Crippen LogP contribution in [-0.2, 0) is 0 Å². The fraction of sp³-hybridized carbons (Fsp3) is 0.667. The Kier molecular flexibility index (Phi) is 4.84. The third-order valence-corrected chi connectivity index (χ3v) is 5.53. The van der Waals surface area contributed by atoms with Crippen LogP contribution in [0.25, 0.3) is 0 Å². The van der Waals surface area contributed by atoms with Crippen molar-refractivity contribution in [1.29, 1.82) is 0 Å². The van der Waals surface area contributed by atoms with Gasteiger partial charge in [-0.05, 0) is 62.9 Å². The van der Waals surface area contributed by atoms with Crippen LogP contribution in [-0.4, -0.2) is 31.8 Å². The van der Waals surface area contributed by atoms with Gasteiger partial charge in [-0.2, -0.15) is 0 Å². The Bertz CT molecular complexity index is 510. The average molecular weight is 323 g/mol. The van der Waals surface area contributed by atoms with E-state index in [0.29, 0.717) is 0 Å². The predicted molar refractivity (Wildman–Crippen MR) is 93.2 cm³/mol. The molecule has 1 saturated heterocycles. The Balaban J connectivity index is 1.87. The molecule has 2 aliphatic rings. The molecule has 1 fully saturated rings. The van der Waals surface area contributed by atoms with Crippen molar-refractivity contribution in [3.8, 4) is 5.75 Å². The third kappa shape index (κ3) is 3.21. The van der Waals surface area contributed by atoms with E-state index in [-0.39, 0.29) is 5.60 Å². The summed E-state index contributed by atoms with van der Waals surface area (Å²) in [6, 6.07) is 6.03. The third-order valence-electron chi connectivity index (χ3n) is 5.29. The van der Waals surface area contributed by atoms with Gasteiger partial charge in [-0.3, -0.25) is 0 Å². The first-order valence-corrected chi connectivity index (χ1v) is 8.98. The number of anilines is 1. The maximum absolute atomic E-state index is 6.38. The Morgan fingerprint density at radius 1 is 1.27 bits per heavy atom. The van der Waals surface area contributed by atoms with E-state index in [0.717, 1.165) is 55.7 Å². The van der Waals surface area contributed by atoms with Crippen LogP contribution >= 0.6 is 11.6 Å². The number of benzene rings is 1. The van der Waals surface area contributed by atoms with Gasteiger partial charge in [-0.1, -0.05) is 25.4 Å². The van der Waals surface area contributed by atoms with Gasteiger partial charge in [-0.25, -0.2) is 0 Å². The molecule has 0 spiro atoms. The lowest BCUT2D eigenvalue weighted by molar-refractivity contribution is 0.0561. The van der Waals surface area contributed by atoms with Gasteiger partial charge in [0.1, 0.15) is 11.4 Å². The second-order valence-corrected chi connectivity index (χ2v) is 7.11. The molecule has 3 nitrogen and oxygen atoms in total. The van der Waals surface area contributed by atoms with Crippen molar-refractivity contribution in [3.63, 3.8) is 0 Å². The molecular weight excluding hydrogens is 296 g/mol. The van der Waals surface area contributed by atoms with Crippen molar-refractivity contribution in [2.75, 3.05) is 31.1 Å². The minimum atomic E-state index is -0.0618. The molecule has 4 heteroatoms. The fourth-order valence-electron chi connectivity index (χ4n) is 3.68. The van der Waals surface area contributed by atoms with E-state index < -0.39 is 0 Å². The molecule has 0 unspecified atom stereocenters. The molecular formula is C18H27ClN2O. The van der Waals surface area contributed by atoms with Crippen LogP contribution in [0.3, 0.4) is 0 Å². The van der Waals surface area contributed by atoms with Crippen molar-refractivity contribution < 1.29 is 4.74 Å². The average Bonchev–Trinajstić information content (AvgIpc) is 2.56. The van der Waals surface area contributed by atoms with Crippen LogP contribution in [0.15, 0.2) is 18.2 Å². The lowest BCUT2D eigenvalue weighted by atomic mass is 9.91. The molecule has 0 atom stereocenters. The smallest absolute Gasteiger partial charge is 0.143 e. The fourth-order valence-corrected chi connectivity index (χ4v) is 3.85. The number of ether oxygens (including phenoxy) is 1. The minimum Gasteiger partial charge on any atom is -0.483 e. The summed E-state index contributed by atoms with van der Waals surface area (Å²) in [4.78, 5) is 2.52. The van der Waals surface area contributed by atoms with Crippen molar-refractivity contribution in [2.45, 2.75) is 45.1 Å². The van der Waals surface area contributed by atoms with Crippen LogP contribution < -0.4 is 15.0 Å². The number of nitrogens with zero attached hydrogens (tertiary/aromatic N) is 1. The summed E-state index contributed by atoms with van der Waals surface area (Å²) in [5.74, 6) is 1.76. The molecule has 0 aliphatic carbocycles. The molecule has 1 aromatic rings. The number of rotatable bonds is 4. The van der Waals surface area contributed by atoms with Crippen molar-refractivity contribution in [2.24, 2.45) is 5.92 Å². The van der Waals surface area contributed by atoms with Crippen LogP contribution in [0.5, 0.6) is 5.75 Å². The van der Waals surface area contributed by atoms with Gasteiger partial charge in [0, 0.05) is 11.6 Å². The van der Waals surface area contributed by atoms with Crippen LogP contribution in [0.4, 0.5) is 5.69 Å². The monoisotopic (exact) mass is 322 g/mol. The zero-order chi connectivity index (χ0) is 15.6. The molecule has 0 aromatic heterocycles. The maximum atomic E-state index is 6.38. The highest BCUT2D eigenvalue weighted by atomic mass is 35.5. The molecule has 0 saturated carbocycles. The topological polar surface area (TPSA) is 24.5 Å². The second-order valence-electron chi connectivity index (χ2n) is 6.68. The van der Waals surface area contributed by atoms with Crippen molar-refractivity contribution >= 4 is 17.3 Å². The summed E-state index contributed by atoms with van der Waals surface area (Å²) in [7, 11) is 0. The number of nitrogens with one attached hydrogen (secondary N) is 1. The summed E-state index contributed by atoms with van der Waals surface area (Å²) >= 11 is 6.23. The van der Waals surface area contributed by atoms with Crippen LogP contribution in [0.2, 0.25) is 5.02 Å².